The lowest BCUT2D eigenvalue weighted by molar-refractivity contribution is -0.136. The van der Waals surface area contributed by atoms with E-state index in [0.29, 0.717) is 18.0 Å². The highest BCUT2D eigenvalue weighted by molar-refractivity contribution is 5.91. The van der Waals surface area contributed by atoms with Crippen LogP contribution in [0.15, 0.2) is 54.6 Å². The first-order valence-corrected chi connectivity index (χ1v) is 11.2. The topological polar surface area (TPSA) is 84.7 Å². The molecule has 2 fully saturated rings. The van der Waals surface area contributed by atoms with E-state index in [4.69, 9.17) is 10.5 Å². The lowest BCUT2D eigenvalue weighted by atomic mass is 9.89. The van der Waals surface area contributed by atoms with Crippen LogP contribution in [0.25, 0.3) is 0 Å². The largest absolute Gasteiger partial charge is 0.484 e. The molecule has 2 aromatic carbocycles. The zero-order valence-electron chi connectivity index (χ0n) is 17.8. The summed E-state index contributed by atoms with van der Waals surface area (Å²) >= 11 is 0. The van der Waals surface area contributed by atoms with E-state index < -0.39 is 0 Å². The molecule has 2 saturated carbocycles. The molecule has 164 valence electrons. The molecule has 2 unspecified atom stereocenters. The zero-order chi connectivity index (χ0) is 21.6. The number of rotatable bonds is 8. The first-order chi connectivity index (χ1) is 15.1. The van der Waals surface area contributed by atoms with Crippen LogP contribution in [0.3, 0.4) is 0 Å². The number of hydrogen-bond acceptors (Lipinski definition) is 4. The van der Waals surface area contributed by atoms with Gasteiger partial charge < -0.3 is 20.7 Å². The highest BCUT2D eigenvalue weighted by Crippen LogP contribution is 2.34. The molecule has 0 aromatic heterocycles. The molecule has 0 saturated heterocycles. The van der Waals surface area contributed by atoms with E-state index in [2.05, 4.69) is 5.32 Å². The minimum absolute atomic E-state index is 0.0466. The Morgan fingerprint density at radius 3 is 2.35 bits per heavy atom. The minimum Gasteiger partial charge on any atom is -0.484 e. The van der Waals surface area contributed by atoms with E-state index in [9.17, 15) is 9.59 Å². The van der Waals surface area contributed by atoms with Crippen molar-refractivity contribution < 1.29 is 14.3 Å². The van der Waals surface area contributed by atoms with Crippen molar-refractivity contribution in [3.63, 3.8) is 0 Å². The van der Waals surface area contributed by atoms with E-state index in [1.807, 2.05) is 59.5 Å². The highest BCUT2D eigenvalue weighted by atomic mass is 16.5. The predicted molar refractivity (Wildman–Crippen MR) is 121 cm³/mol. The smallest absolute Gasteiger partial charge is 0.262 e. The number of nitrogens with one attached hydrogen (secondary N) is 1. The maximum Gasteiger partial charge on any atom is 0.262 e. The Bertz CT molecular complexity index is 881. The van der Waals surface area contributed by atoms with E-state index in [1.165, 1.54) is 0 Å². The second kappa shape index (κ2) is 9.96. The van der Waals surface area contributed by atoms with Gasteiger partial charge >= 0.3 is 0 Å². The zero-order valence-corrected chi connectivity index (χ0v) is 17.8. The lowest BCUT2D eigenvalue weighted by Crippen LogP contribution is -2.52. The summed E-state index contributed by atoms with van der Waals surface area (Å²) in [4.78, 5) is 27.1. The number of benzene rings is 2. The number of carbonyl (C=O) groups excluding carboxylic acids is 2. The molecule has 2 aliphatic carbocycles. The second-order valence-electron chi connectivity index (χ2n) is 8.60. The van der Waals surface area contributed by atoms with E-state index >= 15 is 0 Å². The Morgan fingerprint density at radius 2 is 1.68 bits per heavy atom. The Balaban J connectivity index is 1.34. The number of carbonyl (C=O) groups is 2. The highest BCUT2D eigenvalue weighted by Gasteiger charge is 2.38. The van der Waals surface area contributed by atoms with E-state index in [0.717, 1.165) is 44.1 Å². The van der Waals surface area contributed by atoms with Gasteiger partial charge in [-0.25, -0.2) is 0 Å². The number of nitrogens with zero attached hydrogens (tertiary/aromatic N) is 1. The number of hydrogen-bond donors (Lipinski definition) is 2. The Labute approximate surface area is 183 Å². The average Bonchev–Trinajstić information content (AvgIpc) is 3.64. The lowest BCUT2D eigenvalue weighted by Gasteiger charge is -2.38. The van der Waals surface area contributed by atoms with Gasteiger partial charge in [0.1, 0.15) is 5.75 Å². The Morgan fingerprint density at radius 1 is 0.968 bits per heavy atom. The van der Waals surface area contributed by atoms with Gasteiger partial charge in [-0.1, -0.05) is 43.2 Å². The molecule has 0 heterocycles. The summed E-state index contributed by atoms with van der Waals surface area (Å²) in [6, 6.07) is 17.1. The summed E-state index contributed by atoms with van der Waals surface area (Å²) in [5.74, 6) is 0.875. The molecule has 0 radical (unpaired) electrons. The van der Waals surface area contributed by atoms with Crippen LogP contribution in [0, 0.1) is 5.92 Å². The molecule has 2 atom stereocenters. The third-order valence-corrected chi connectivity index (χ3v) is 6.10. The van der Waals surface area contributed by atoms with Gasteiger partial charge in [0, 0.05) is 30.2 Å². The van der Waals surface area contributed by atoms with Crippen LogP contribution in [-0.2, 0) is 16.1 Å². The van der Waals surface area contributed by atoms with Gasteiger partial charge in [-0.2, -0.15) is 0 Å². The summed E-state index contributed by atoms with van der Waals surface area (Å²) < 4.78 is 5.48. The van der Waals surface area contributed by atoms with Crippen LogP contribution >= 0.6 is 0 Å². The summed E-state index contributed by atoms with van der Waals surface area (Å²) in [6.45, 7) is 0.522. The van der Waals surface area contributed by atoms with Crippen LogP contribution in [0.4, 0.5) is 5.69 Å². The fourth-order valence-electron chi connectivity index (χ4n) is 4.20. The van der Waals surface area contributed by atoms with Crippen molar-refractivity contribution in [1.82, 2.24) is 4.90 Å². The van der Waals surface area contributed by atoms with Crippen molar-refractivity contribution in [2.75, 3.05) is 11.9 Å². The van der Waals surface area contributed by atoms with Crippen LogP contribution in [-0.4, -0.2) is 35.4 Å². The molecule has 4 rings (SSSR count). The van der Waals surface area contributed by atoms with Crippen molar-refractivity contribution >= 4 is 17.5 Å². The summed E-state index contributed by atoms with van der Waals surface area (Å²) in [6.07, 6.45) is 6.22. The van der Waals surface area contributed by atoms with Crippen molar-refractivity contribution in [1.29, 1.82) is 0 Å². The molecule has 0 bridgehead atoms. The fraction of sp³-hybridized carbons (Fsp3) is 0.440. The van der Waals surface area contributed by atoms with Crippen molar-refractivity contribution in [2.24, 2.45) is 11.7 Å². The van der Waals surface area contributed by atoms with Gasteiger partial charge in [0.05, 0.1) is 0 Å². The van der Waals surface area contributed by atoms with Crippen LogP contribution in [0.2, 0.25) is 0 Å². The maximum absolute atomic E-state index is 13.0. The van der Waals surface area contributed by atoms with Gasteiger partial charge in [-0.05, 0) is 55.5 Å². The van der Waals surface area contributed by atoms with Gasteiger partial charge in [0.25, 0.3) is 5.91 Å². The quantitative estimate of drug-likeness (QED) is 0.680. The van der Waals surface area contributed by atoms with Crippen LogP contribution in [0.1, 0.15) is 44.1 Å². The van der Waals surface area contributed by atoms with Crippen LogP contribution in [0.5, 0.6) is 5.75 Å². The number of para-hydroxylation sites is 1. The SMILES string of the molecule is NC1CCCCC1N(Cc1ccc(NC(=O)COc2ccccc2)cc1)C(=O)C1CC1. The van der Waals surface area contributed by atoms with Crippen molar-refractivity contribution in [2.45, 2.75) is 57.2 Å². The summed E-state index contributed by atoms with van der Waals surface area (Å²) in [5.41, 5.74) is 8.14. The van der Waals surface area contributed by atoms with Gasteiger partial charge in [0.15, 0.2) is 6.61 Å². The molecule has 31 heavy (non-hydrogen) atoms. The predicted octanol–water partition coefficient (Wildman–Crippen LogP) is 3.71. The number of amides is 2. The third kappa shape index (κ3) is 5.85. The first kappa shape index (κ1) is 21.4. The van der Waals surface area contributed by atoms with Gasteiger partial charge in [0.2, 0.25) is 5.91 Å². The molecular weight excluding hydrogens is 390 g/mol. The molecule has 3 N–H and O–H groups in total. The van der Waals surface area contributed by atoms with Crippen molar-refractivity contribution in [3.05, 3.63) is 60.2 Å². The summed E-state index contributed by atoms with van der Waals surface area (Å²) in [7, 11) is 0. The molecule has 0 spiro atoms. The summed E-state index contributed by atoms with van der Waals surface area (Å²) in [5, 5.41) is 2.85. The molecule has 2 aromatic rings. The normalized spacial score (nSPS) is 20.7. The molecule has 6 nitrogen and oxygen atoms in total. The van der Waals surface area contributed by atoms with Crippen LogP contribution < -0.4 is 15.8 Å². The second-order valence-corrected chi connectivity index (χ2v) is 8.60. The molecule has 2 amide bonds. The van der Waals surface area contributed by atoms with Gasteiger partial charge in [-0.15, -0.1) is 0 Å². The fourth-order valence-corrected chi connectivity index (χ4v) is 4.20. The molecular formula is C25H31N3O3. The number of ether oxygens (including phenoxy) is 1. The average molecular weight is 422 g/mol. The number of anilines is 1. The third-order valence-electron chi connectivity index (χ3n) is 6.10. The van der Waals surface area contributed by atoms with E-state index in [1.54, 1.807) is 0 Å². The minimum atomic E-state index is -0.213. The molecule has 6 heteroatoms. The Hall–Kier alpha value is -2.86. The standard InChI is InChI=1S/C25H31N3O3/c26-22-8-4-5-9-23(22)28(25(30)19-12-13-19)16-18-10-14-20(15-11-18)27-24(29)17-31-21-6-2-1-3-7-21/h1-3,6-7,10-11,14-15,19,22-23H,4-5,8-9,12-13,16-17,26H2,(H,27,29). The maximum atomic E-state index is 13.0. The number of nitrogens with two attached hydrogens (primary N) is 1. The van der Waals surface area contributed by atoms with Crippen molar-refractivity contribution in [3.8, 4) is 5.75 Å². The Kier molecular flexibility index (Phi) is 6.87. The molecule has 2 aliphatic rings. The van der Waals surface area contributed by atoms with E-state index in [-0.39, 0.29) is 36.4 Å². The monoisotopic (exact) mass is 421 g/mol. The molecule has 0 aliphatic heterocycles. The first-order valence-electron chi connectivity index (χ1n) is 11.2. The van der Waals surface area contributed by atoms with Gasteiger partial charge in [-0.3, -0.25) is 9.59 Å².